The molecule has 2 heterocycles. The largest absolute Gasteiger partial charge is 0.342 e. The SMILES string of the molecule is CCc1nc(C2(NC(=O)C(C)n3cccc3)CCCC2)no1. The Morgan fingerprint density at radius 2 is 2.09 bits per heavy atom. The van der Waals surface area contributed by atoms with E-state index in [0.29, 0.717) is 18.1 Å². The predicted octanol–water partition coefficient (Wildman–Crippen LogP) is 2.58. The summed E-state index contributed by atoms with van der Waals surface area (Å²) in [7, 11) is 0. The van der Waals surface area contributed by atoms with E-state index in [-0.39, 0.29) is 11.9 Å². The standard InChI is InChI=1S/C16H22N4O2/c1-3-13-17-15(19-22-13)16(8-4-5-9-16)18-14(21)12(2)20-10-6-7-11-20/h6-7,10-12H,3-5,8-9H2,1-2H3,(H,18,21). The average molecular weight is 302 g/mol. The Hall–Kier alpha value is -2.11. The van der Waals surface area contributed by atoms with Crippen LogP contribution in [0, 0.1) is 0 Å². The Morgan fingerprint density at radius 3 is 2.68 bits per heavy atom. The highest BCUT2D eigenvalue weighted by Crippen LogP contribution is 2.37. The highest BCUT2D eigenvalue weighted by molar-refractivity contribution is 5.80. The van der Waals surface area contributed by atoms with Crippen LogP contribution in [0.1, 0.15) is 57.3 Å². The molecule has 1 atom stereocenters. The monoisotopic (exact) mass is 302 g/mol. The van der Waals surface area contributed by atoms with Crippen molar-refractivity contribution in [2.24, 2.45) is 0 Å². The summed E-state index contributed by atoms with van der Waals surface area (Å²) in [4.78, 5) is 17.1. The first-order valence-corrected chi connectivity index (χ1v) is 7.92. The first kappa shape index (κ1) is 14.8. The van der Waals surface area contributed by atoms with Crippen molar-refractivity contribution in [1.82, 2.24) is 20.0 Å². The van der Waals surface area contributed by atoms with Gasteiger partial charge in [0.1, 0.15) is 11.6 Å². The van der Waals surface area contributed by atoms with E-state index in [0.717, 1.165) is 25.7 Å². The number of nitrogens with one attached hydrogen (secondary N) is 1. The highest BCUT2D eigenvalue weighted by Gasteiger charge is 2.42. The van der Waals surface area contributed by atoms with Crippen molar-refractivity contribution in [3.8, 4) is 0 Å². The summed E-state index contributed by atoms with van der Waals surface area (Å²) in [6.45, 7) is 3.87. The molecule has 1 aliphatic rings. The zero-order valence-corrected chi connectivity index (χ0v) is 13.1. The second-order valence-corrected chi connectivity index (χ2v) is 5.95. The number of carbonyl (C=O) groups excluding carboxylic acids is 1. The molecule has 118 valence electrons. The third-order valence-electron chi connectivity index (χ3n) is 4.47. The lowest BCUT2D eigenvalue weighted by molar-refractivity contribution is -0.126. The average Bonchev–Trinajstić information content (AvgIpc) is 3.26. The molecule has 1 unspecified atom stereocenters. The Morgan fingerprint density at radius 1 is 1.41 bits per heavy atom. The van der Waals surface area contributed by atoms with Crippen LogP contribution in [0.3, 0.4) is 0 Å². The molecule has 0 bridgehead atoms. The van der Waals surface area contributed by atoms with Gasteiger partial charge in [0.2, 0.25) is 11.8 Å². The molecule has 1 aliphatic carbocycles. The minimum atomic E-state index is -0.477. The maximum Gasteiger partial charge on any atom is 0.243 e. The van der Waals surface area contributed by atoms with Crippen molar-refractivity contribution in [2.75, 3.05) is 0 Å². The van der Waals surface area contributed by atoms with Crippen LogP contribution in [-0.4, -0.2) is 20.6 Å². The van der Waals surface area contributed by atoms with Gasteiger partial charge in [-0.1, -0.05) is 24.9 Å². The maximum atomic E-state index is 12.6. The van der Waals surface area contributed by atoms with Gasteiger partial charge in [-0.3, -0.25) is 4.79 Å². The van der Waals surface area contributed by atoms with E-state index in [4.69, 9.17) is 4.52 Å². The molecule has 0 spiro atoms. The van der Waals surface area contributed by atoms with E-state index < -0.39 is 5.54 Å². The van der Waals surface area contributed by atoms with Gasteiger partial charge in [-0.25, -0.2) is 0 Å². The molecule has 0 radical (unpaired) electrons. The van der Waals surface area contributed by atoms with Gasteiger partial charge in [0.05, 0.1) is 0 Å². The Labute approximate surface area is 129 Å². The fourth-order valence-corrected chi connectivity index (χ4v) is 3.06. The third-order valence-corrected chi connectivity index (χ3v) is 4.47. The van der Waals surface area contributed by atoms with Crippen molar-refractivity contribution in [2.45, 2.75) is 57.5 Å². The molecule has 1 amide bonds. The summed E-state index contributed by atoms with van der Waals surface area (Å²) in [6.07, 6.45) is 8.35. The van der Waals surface area contributed by atoms with E-state index >= 15 is 0 Å². The number of nitrogens with zero attached hydrogens (tertiary/aromatic N) is 3. The minimum absolute atomic E-state index is 0.0130. The van der Waals surface area contributed by atoms with Crippen LogP contribution in [0.25, 0.3) is 0 Å². The Bertz CT molecular complexity index is 626. The predicted molar refractivity (Wildman–Crippen MR) is 81.1 cm³/mol. The maximum absolute atomic E-state index is 12.6. The normalized spacial score (nSPS) is 18.3. The van der Waals surface area contributed by atoms with Crippen LogP contribution in [0.15, 0.2) is 29.0 Å². The zero-order chi connectivity index (χ0) is 15.6. The number of carbonyl (C=O) groups is 1. The number of aromatic nitrogens is 3. The lowest BCUT2D eigenvalue weighted by Crippen LogP contribution is -2.47. The van der Waals surface area contributed by atoms with Crippen LogP contribution < -0.4 is 5.32 Å². The molecule has 3 rings (SSSR count). The van der Waals surface area contributed by atoms with Gasteiger partial charge in [0, 0.05) is 18.8 Å². The number of hydrogen-bond acceptors (Lipinski definition) is 4. The second-order valence-electron chi connectivity index (χ2n) is 5.95. The van der Waals surface area contributed by atoms with E-state index in [1.807, 2.05) is 42.9 Å². The summed E-state index contributed by atoms with van der Waals surface area (Å²) in [5.41, 5.74) is -0.477. The number of hydrogen-bond donors (Lipinski definition) is 1. The highest BCUT2D eigenvalue weighted by atomic mass is 16.5. The van der Waals surface area contributed by atoms with Crippen molar-refractivity contribution < 1.29 is 9.32 Å². The molecular formula is C16H22N4O2. The van der Waals surface area contributed by atoms with Crippen LogP contribution in [-0.2, 0) is 16.8 Å². The number of aryl methyl sites for hydroxylation is 1. The lowest BCUT2D eigenvalue weighted by atomic mass is 9.96. The third kappa shape index (κ3) is 2.65. The summed E-state index contributed by atoms with van der Waals surface area (Å²) < 4.78 is 7.14. The molecule has 1 N–H and O–H groups in total. The van der Waals surface area contributed by atoms with Crippen molar-refractivity contribution in [3.63, 3.8) is 0 Å². The molecular weight excluding hydrogens is 280 g/mol. The fraction of sp³-hybridized carbons (Fsp3) is 0.562. The zero-order valence-electron chi connectivity index (χ0n) is 13.1. The van der Waals surface area contributed by atoms with Gasteiger partial charge in [-0.05, 0) is 31.9 Å². The first-order valence-electron chi connectivity index (χ1n) is 7.92. The van der Waals surface area contributed by atoms with Crippen LogP contribution >= 0.6 is 0 Å². The first-order chi connectivity index (χ1) is 10.6. The molecule has 1 fully saturated rings. The van der Waals surface area contributed by atoms with E-state index in [9.17, 15) is 4.79 Å². The van der Waals surface area contributed by atoms with Crippen molar-refractivity contribution in [1.29, 1.82) is 0 Å². The lowest BCUT2D eigenvalue weighted by Gasteiger charge is -2.28. The fourth-order valence-electron chi connectivity index (χ4n) is 3.06. The van der Waals surface area contributed by atoms with Gasteiger partial charge in [-0.15, -0.1) is 0 Å². The number of rotatable bonds is 5. The molecule has 2 aromatic rings. The quantitative estimate of drug-likeness (QED) is 0.921. The van der Waals surface area contributed by atoms with Gasteiger partial charge in [-0.2, -0.15) is 4.98 Å². The summed E-state index contributed by atoms with van der Waals surface area (Å²) in [5, 5.41) is 7.30. The molecule has 1 saturated carbocycles. The van der Waals surface area contributed by atoms with Gasteiger partial charge in [0.15, 0.2) is 5.82 Å². The second kappa shape index (κ2) is 5.94. The Balaban J connectivity index is 1.81. The Kier molecular flexibility index (Phi) is 4.00. The van der Waals surface area contributed by atoms with E-state index in [1.165, 1.54) is 0 Å². The van der Waals surface area contributed by atoms with Gasteiger partial charge in [0.25, 0.3) is 0 Å². The topological polar surface area (TPSA) is 73.0 Å². The van der Waals surface area contributed by atoms with Crippen LogP contribution in [0.5, 0.6) is 0 Å². The minimum Gasteiger partial charge on any atom is -0.342 e. The van der Waals surface area contributed by atoms with Gasteiger partial charge < -0.3 is 14.4 Å². The molecule has 2 aromatic heterocycles. The molecule has 0 aliphatic heterocycles. The molecule has 0 saturated heterocycles. The van der Waals surface area contributed by atoms with Crippen LogP contribution in [0.4, 0.5) is 0 Å². The summed E-state index contributed by atoms with van der Waals surface area (Å²) >= 11 is 0. The van der Waals surface area contributed by atoms with E-state index in [2.05, 4.69) is 15.5 Å². The molecule has 6 nitrogen and oxygen atoms in total. The molecule has 0 aromatic carbocycles. The summed E-state index contributed by atoms with van der Waals surface area (Å²) in [6, 6.07) is 3.58. The van der Waals surface area contributed by atoms with Crippen LogP contribution in [0.2, 0.25) is 0 Å². The van der Waals surface area contributed by atoms with Crippen molar-refractivity contribution in [3.05, 3.63) is 36.2 Å². The molecule has 22 heavy (non-hydrogen) atoms. The van der Waals surface area contributed by atoms with Crippen molar-refractivity contribution >= 4 is 5.91 Å². The number of amides is 1. The van der Waals surface area contributed by atoms with E-state index in [1.54, 1.807) is 0 Å². The molecule has 6 heteroatoms. The smallest absolute Gasteiger partial charge is 0.243 e. The summed E-state index contributed by atoms with van der Waals surface area (Å²) in [5.74, 6) is 1.23. The van der Waals surface area contributed by atoms with Gasteiger partial charge >= 0.3 is 0 Å².